The number of benzene rings is 1. The quantitative estimate of drug-likeness (QED) is 0.383. The minimum atomic E-state index is -1.31. The molecule has 9 heteroatoms. The molecule has 0 spiro atoms. The number of nitrogens with one attached hydrogen (secondary N) is 3. The number of aromatic nitrogens is 1. The number of urea groups is 1. The average Bonchev–Trinajstić information content (AvgIpc) is 2.60. The van der Waals surface area contributed by atoms with Gasteiger partial charge in [0.15, 0.2) is 0 Å². The number of rotatable bonds is 6. The van der Waals surface area contributed by atoms with Crippen LogP contribution >= 0.6 is 0 Å². The summed E-state index contributed by atoms with van der Waals surface area (Å²) in [5, 5.41) is 23.3. The predicted octanol–water partition coefficient (Wildman–Crippen LogP) is 2.80. The molecule has 0 fully saturated rings. The number of halogens is 1. The number of amides is 2. The van der Waals surface area contributed by atoms with Crippen molar-refractivity contribution in [3.8, 4) is 0 Å². The largest absolute Gasteiger partial charge is 0.478 e. The predicted molar refractivity (Wildman–Crippen MR) is 105 cm³/mol. The molecule has 2 rings (SSSR count). The number of aliphatic hydroxyl groups is 1. The first-order valence-electron chi connectivity index (χ1n) is 8.64. The zero-order valence-electron chi connectivity index (χ0n) is 15.9. The van der Waals surface area contributed by atoms with Crippen molar-refractivity contribution < 1.29 is 19.0 Å². The molecule has 1 atom stereocenters. The van der Waals surface area contributed by atoms with E-state index in [0.717, 1.165) is 0 Å². The summed E-state index contributed by atoms with van der Waals surface area (Å²) in [5.74, 6) is -0.362. The average molecular weight is 389 g/mol. The Kier molecular flexibility index (Phi) is 6.53. The molecule has 0 aliphatic carbocycles. The van der Waals surface area contributed by atoms with Gasteiger partial charge in [-0.05, 0) is 38.5 Å². The van der Waals surface area contributed by atoms with Gasteiger partial charge in [-0.2, -0.15) is 0 Å². The number of nitrogens with zero attached hydrogens (tertiary/aromatic N) is 1. The molecule has 1 heterocycles. The Hall–Kier alpha value is -3.20. The van der Waals surface area contributed by atoms with Crippen molar-refractivity contribution in [2.45, 2.75) is 32.4 Å². The van der Waals surface area contributed by atoms with Crippen LogP contribution in [-0.4, -0.2) is 34.2 Å². The lowest BCUT2D eigenvalue weighted by Crippen LogP contribution is -2.44. The van der Waals surface area contributed by atoms with Gasteiger partial charge in [0.25, 0.3) is 0 Å². The van der Waals surface area contributed by atoms with Gasteiger partial charge in [-0.25, -0.2) is 14.2 Å². The number of anilines is 2. The fraction of sp³-hybridized carbons (Fsp3) is 0.316. The summed E-state index contributed by atoms with van der Waals surface area (Å²) in [6, 6.07) is 5.46. The summed E-state index contributed by atoms with van der Waals surface area (Å²) in [6.07, 6.45) is 1.33. The highest BCUT2D eigenvalue weighted by Crippen LogP contribution is 2.26. The molecular formula is C19H24FN5O3. The summed E-state index contributed by atoms with van der Waals surface area (Å²) in [7, 11) is 0. The third-order valence-corrected chi connectivity index (χ3v) is 3.90. The molecule has 2 amide bonds. The van der Waals surface area contributed by atoms with E-state index in [1.165, 1.54) is 50.4 Å². The van der Waals surface area contributed by atoms with Crippen molar-refractivity contribution in [1.82, 2.24) is 10.3 Å². The number of nitrogens with two attached hydrogens (primary N) is 1. The topological polar surface area (TPSA) is 133 Å². The smallest absolute Gasteiger partial charge is 0.320 e. The zero-order chi connectivity index (χ0) is 20.9. The number of carbonyl (C=O) groups is 1. The number of hydrogen-bond acceptors (Lipinski definition) is 6. The summed E-state index contributed by atoms with van der Waals surface area (Å²) < 4.78 is 18.3. The number of carbonyl (C=O) groups excluding carboxylic acids is 1. The second-order valence-electron chi connectivity index (χ2n) is 6.66. The van der Waals surface area contributed by atoms with Gasteiger partial charge in [0.1, 0.15) is 11.6 Å². The Labute approximate surface area is 162 Å². The van der Waals surface area contributed by atoms with E-state index in [9.17, 15) is 14.3 Å². The van der Waals surface area contributed by atoms with Crippen molar-refractivity contribution in [2.75, 3.05) is 17.7 Å². The first-order chi connectivity index (χ1) is 13.1. The highest BCUT2D eigenvalue weighted by Gasteiger charge is 2.30. The maximum Gasteiger partial charge on any atom is 0.320 e. The molecule has 0 aliphatic heterocycles. The Morgan fingerprint density at radius 1 is 1.39 bits per heavy atom. The van der Waals surface area contributed by atoms with Gasteiger partial charge in [0, 0.05) is 18.0 Å². The Morgan fingerprint density at radius 3 is 2.57 bits per heavy atom. The van der Waals surface area contributed by atoms with E-state index in [1.54, 1.807) is 6.92 Å². The minimum Gasteiger partial charge on any atom is -0.478 e. The van der Waals surface area contributed by atoms with Crippen LogP contribution in [0.4, 0.5) is 20.7 Å². The van der Waals surface area contributed by atoms with Gasteiger partial charge in [-0.15, -0.1) is 0 Å². The van der Waals surface area contributed by atoms with Gasteiger partial charge in [-0.1, -0.05) is 12.1 Å². The summed E-state index contributed by atoms with van der Waals surface area (Å²) in [6.45, 7) is 5.14. The van der Waals surface area contributed by atoms with Crippen LogP contribution in [0.2, 0.25) is 0 Å². The first kappa shape index (κ1) is 21.1. The highest BCUT2D eigenvalue weighted by atomic mass is 19.1. The molecule has 6 N–H and O–H groups in total. The highest BCUT2D eigenvalue weighted by molar-refractivity contribution is 5.97. The molecule has 0 bridgehead atoms. The molecule has 150 valence electrons. The fourth-order valence-corrected chi connectivity index (χ4v) is 2.56. The fourth-order valence-electron chi connectivity index (χ4n) is 2.56. The molecule has 0 aliphatic rings. The lowest BCUT2D eigenvalue weighted by molar-refractivity contribution is 0.0415. The molecular weight excluding hydrogens is 365 g/mol. The number of ether oxygens (including phenoxy) is 1. The molecule has 28 heavy (non-hydrogen) atoms. The van der Waals surface area contributed by atoms with E-state index in [4.69, 9.17) is 15.9 Å². The second kappa shape index (κ2) is 8.66. The summed E-state index contributed by atoms with van der Waals surface area (Å²) >= 11 is 0. The third-order valence-electron chi connectivity index (χ3n) is 3.90. The zero-order valence-corrected chi connectivity index (χ0v) is 15.9. The van der Waals surface area contributed by atoms with Crippen LogP contribution in [-0.2, 0) is 4.74 Å². The van der Waals surface area contributed by atoms with Crippen LogP contribution in [0, 0.1) is 11.2 Å². The van der Waals surface area contributed by atoms with Crippen LogP contribution < -0.4 is 16.4 Å². The number of pyridine rings is 1. The van der Waals surface area contributed by atoms with Crippen LogP contribution in [0.25, 0.3) is 0 Å². The van der Waals surface area contributed by atoms with Gasteiger partial charge in [0.2, 0.25) is 5.90 Å². The van der Waals surface area contributed by atoms with Crippen LogP contribution in [0.15, 0.2) is 36.5 Å². The van der Waals surface area contributed by atoms with E-state index in [2.05, 4.69) is 15.6 Å². The summed E-state index contributed by atoms with van der Waals surface area (Å²) in [4.78, 5) is 16.4. The molecule has 1 aromatic heterocycles. The second-order valence-corrected chi connectivity index (χ2v) is 6.66. The van der Waals surface area contributed by atoms with Crippen molar-refractivity contribution in [1.29, 1.82) is 5.41 Å². The first-order valence-corrected chi connectivity index (χ1v) is 8.64. The Bertz CT molecular complexity index is 850. The van der Waals surface area contributed by atoms with Crippen LogP contribution in [0.3, 0.4) is 0 Å². The lowest BCUT2D eigenvalue weighted by atomic mass is 9.92. The third kappa shape index (κ3) is 5.40. The van der Waals surface area contributed by atoms with E-state index in [1.807, 2.05) is 0 Å². The molecule has 1 aromatic carbocycles. The van der Waals surface area contributed by atoms with Crippen molar-refractivity contribution >= 4 is 23.4 Å². The Balaban J connectivity index is 2.13. The van der Waals surface area contributed by atoms with E-state index in [0.29, 0.717) is 17.7 Å². The lowest BCUT2D eigenvalue weighted by Gasteiger charge is -2.30. The van der Waals surface area contributed by atoms with Crippen molar-refractivity contribution in [3.05, 3.63) is 53.5 Å². The van der Waals surface area contributed by atoms with Gasteiger partial charge >= 0.3 is 6.03 Å². The normalized spacial score (nSPS) is 12.2. The van der Waals surface area contributed by atoms with E-state index >= 15 is 0 Å². The molecule has 8 nitrogen and oxygen atoms in total. The van der Waals surface area contributed by atoms with Crippen LogP contribution in [0.5, 0.6) is 0 Å². The molecule has 2 aromatic rings. The number of hydrogen-bond donors (Lipinski definition) is 5. The molecule has 0 saturated carbocycles. The monoisotopic (exact) mass is 389 g/mol. The maximum absolute atomic E-state index is 13.2. The number of nitrogen functional groups attached to an aromatic ring is 1. The van der Waals surface area contributed by atoms with Gasteiger partial charge in [-0.3, -0.25) is 10.7 Å². The summed E-state index contributed by atoms with van der Waals surface area (Å²) in [5.41, 5.74) is 5.66. The van der Waals surface area contributed by atoms with Gasteiger partial charge < -0.3 is 20.9 Å². The molecule has 0 saturated heterocycles. The van der Waals surface area contributed by atoms with Crippen molar-refractivity contribution in [2.24, 2.45) is 0 Å². The molecule has 0 radical (unpaired) electrons. The van der Waals surface area contributed by atoms with E-state index < -0.39 is 23.5 Å². The molecule has 0 unspecified atom stereocenters. The standard InChI is InChI=1S/C19H24FN5O3/c1-4-28-17(22)13-10-23-15(9-14(13)21)24-18(26)25-16(19(2,3)27)11-5-7-12(20)8-6-11/h5-10,16,22,27H,4H2,1-3H3,(H4,21,23,24,25,26)/t16-/m0/s1. The minimum absolute atomic E-state index is 0.109. The Morgan fingerprint density at radius 2 is 2.04 bits per heavy atom. The van der Waals surface area contributed by atoms with Gasteiger partial charge in [0.05, 0.1) is 23.8 Å². The maximum atomic E-state index is 13.2. The van der Waals surface area contributed by atoms with Crippen molar-refractivity contribution in [3.63, 3.8) is 0 Å². The SMILES string of the molecule is CCOC(=N)c1cnc(NC(=O)N[C@@H](c2ccc(F)cc2)C(C)(C)O)cc1N. The van der Waals surface area contributed by atoms with E-state index in [-0.39, 0.29) is 17.4 Å². The van der Waals surface area contributed by atoms with Crippen LogP contribution in [0.1, 0.15) is 37.9 Å².